The molecule has 1 aromatic rings. The Balaban J connectivity index is 2.34. The van der Waals surface area contributed by atoms with Crippen LogP contribution in [0.15, 0.2) is 18.2 Å². The fraction of sp³-hybridized carbons (Fsp3) is 0.571. The molecule has 24 heavy (non-hydrogen) atoms. The van der Waals surface area contributed by atoms with Crippen LogP contribution in [0.1, 0.15) is 12.8 Å². The zero-order valence-corrected chi connectivity index (χ0v) is 15.3. The smallest absolute Gasteiger partial charge is 0.235 e. The van der Waals surface area contributed by atoms with Crippen molar-refractivity contribution < 1.29 is 26.3 Å². The lowest BCUT2D eigenvalue weighted by molar-refractivity contribution is 0.217. The highest BCUT2D eigenvalue weighted by Crippen LogP contribution is 2.35. The van der Waals surface area contributed by atoms with Gasteiger partial charge >= 0.3 is 0 Å². The number of benzene rings is 1. The summed E-state index contributed by atoms with van der Waals surface area (Å²) < 4.78 is 62.3. The second-order valence-corrected chi connectivity index (χ2v) is 9.25. The molecule has 0 aliphatic carbocycles. The first-order chi connectivity index (χ1) is 11.3. The Hall–Kier alpha value is -1.52. The molecule has 0 spiro atoms. The zero-order valence-electron chi connectivity index (χ0n) is 13.7. The maximum absolute atomic E-state index is 12.3. The number of hydrogen-bond acceptors (Lipinski definition) is 6. The lowest BCUT2D eigenvalue weighted by Gasteiger charge is -2.29. The summed E-state index contributed by atoms with van der Waals surface area (Å²) in [5.74, 6) is 0.257. The molecule has 1 heterocycles. The zero-order chi connectivity index (χ0) is 17.8. The average Bonchev–Trinajstić information content (AvgIpc) is 2.52. The second-order valence-electron chi connectivity index (χ2n) is 5.40. The van der Waals surface area contributed by atoms with Crippen LogP contribution < -0.4 is 13.8 Å². The molecular formula is C14H22N2O6S2. The molecule has 10 heteroatoms. The lowest BCUT2D eigenvalue weighted by atomic mass is 10.2. The number of ether oxygens (including phenoxy) is 2. The SMILES string of the molecule is COCCS(=O)(=O)Nc1ccc(OC)c(N2CCCCS2(=O)=O)c1. The number of sulfonamides is 2. The van der Waals surface area contributed by atoms with Gasteiger partial charge < -0.3 is 9.47 Å². The predicted octanol–water partition coefficient (Wildman–Crippen LogP) is 1.01. The molecule has 136 valence electrons. The minimum Gasteiger partial charge on any atom is -0.495 e. The average molecular weight is 378 g/mol. The molecule has 8 nitrogen and oxygen atoms in total. The van der Waals surface area contributed by atoms with Gasteiger partial charge in [0.15, 0.2) is 0 Å². The molecule has 1 aliphatic heterocycles. The molecule has 0 saturated carbocycles. The summed E-state index contributed by atoms with van der Waals surface area (Å²) in [5.41, 5.74) is 0.617. The van der Waals surface area contributed by atoms with E-state index in [0.29, 0.717) is 24.4 Å². The maximum Gasteiger partial charge on any atom is 0.235 e. The van der Waals surface area contributed by atoms with Gasteiger partial charge in [0.1, 0.15) is 5.75 Å². The van der Waals surface area contributed by atoms with E-state index in [0.717, 1.165) is 6.42 Å². The highest BCUT2D eigenvalue weighted by molar-refractivity contribution is 7.93. The minimum absolute atomic E-state index is 0.0683. The van der Waals surface area contributed by atoms with Crippen LogP contribution in [0.4, 0.5) is 11.4 Å². The molecule has 1 fully saturated rings. The van der Waals surface area contributed by atoms with Gasteiger partial charge in [-0.05, 0) is 31.0 Å². The van der Waals surface area contributed by atoms with Gasteiger partial charge in [0, 0.05) is 13.7 Å². The summed E-state index contributed by atoms with van der Waals surface area (Å²) in [6.07, 6.45) is 1.36. The third-order valence-electron chi connectivity index (χ3n) is 3.63. The Kier molecular flexibility index (Phi) is 5.94. The minimum atomic E-state index is -3.58. The molecule has 1 aromatic carbocycles. The van der Waals surface area contributed by atoms with Crippen molar-refractivity contribution in [2.24, 2.45) is 0 Å². The summed E-state index contributed by atoms with van der Waals surface area (Å²) in [7, 11) is -4.14. The van der Waals surface area contributed by atoms with Crippen LogP contribution in [0, 0.1) is 0 Å². The van der Waals surface area contributed by atoms with Crippen LogP contribution in [0.5, 0.6) is 5.75 Å². The van der Waals surface area contributed by atoms with Gasteiger partial charge in [-0.2, -0.15) is 0 Å². The number of hydrogen-bond donors (Lipinski definition) is 1. The van der Waals surface area contributed by atoms with Gasteiger partial charge in [-0.25, -0.2) is 16.8 Å². The van der Waals surface area contributed by atoms with Crippen LogP contribution in [-0.2, 0) is 24.8 Å². The van der Waals surface area contributed by atoms with Crippen LogP contribution in [0.25, 0.3) is 0 Å². The number of rotatable bonds is 7. The summed E-state index contributed by atoms with van der Waals surface area (Å²) in [4.78, 5) is 0. The van der Waals surface area contributed by atoms with Crippen molar-refractivity contribution in [2.75, 3.05) is 47.9 Å². The van der Waals surface area contributed by atoms with E-state index in [1.165, 1.54) is 30.7 Å². The molecular weight excluding hydrogens is 356 g/mol. The van der Waals surface area contributed by atoms with Crippen molar-refractivity contribution in [3.63, 3.8) is 0 Å². The lowest BCUT2D eigenvalue weighted by Crippen LogP contribution is -2.38. The molecule has 0 aromatic heterocycles. The summed E-state index contributed by atoms with van der Waals surface area (Å²) in [5, 5.41) is 0. The number of methoxy groups -OCH3 is 2. The fourth-order valence-electron chi connectivity index (χ4n) is 2.43. The number of anilines is 2. The van der Waals surface area contributed by atoms with Gasteiger partial charge in [-0.3, -0.25) is 9.03 Å². The van der Waals surface area contributed by atoms with Gasteiger partial charge in [-0.15, -0.1) is 0 Å². The highest BCUT2D eigenvalue weighted by Gasteiger charge is 2.28. The van der Waals surface area contributed by atoms with Crippen molar-refractivity contribution in [3.05, 3.63) is 18.2 Å². The van der Waals surface area contributed by atoms with E-state index in [2.05, 4.69) is 4.72 Å². The molecule has 1 N–H and O–H groups in total. The molecule has 1 aliphatic rings. The third kappa shape index (κ3) is 4.52. The molecule has 0 atom stereocenters. The molecule has 0 amide bonds. The maximum atomic E-state index is 12.3. The van der Waals surface area contributed by atoms with Crippen LogP contribution in [0.3, 0.4) is 0 Å². The van der Waals surface area contributed by atoms with E-state index in [4.69, 9.17) is 9.47 Å². The monoisotopic (exact) mass is 378 g/mol. The van der Waals surface area contributed by atoms with E-state index >= 15 is 0 Å². The topological polar surface area (TPSA) is 102 Å². The van der Waals surface area contributed by atoms with Crippen LogP contribution >= 0.6 is 0 Å². The quantitative estimate of drug-likeness (QED) is 0.760. The van der Waals surface area contributed by atoms with Crippen LogP contribution in [-0.4, -0.2) is 55.7 Å². The van der Waals surface area contributed by atoms with Gasteiger partial charge in [0.25, 0.3) is 0 Å². The van der Waals surface area contributed by atoms with Crippen LogP contribution in [0.2, 0.25) is 0 Å². The molecule has 2 rings (SSSR count). The van der Waals surface area contributed by atoms with Crippen molar-refractivity contribution in [1.82, 2.24) is 0 Å². The Morgan fingerprint density at radius 1 is 1.25 bits per heavy atom. The fourth-order valence-corrected chi connectivity index (χ4v) is 5.04. The van der Waals surface area contributed by atoms with Crippen molar-refractivity contribution >= 4 is 31.4 Å². The van der Waals surface area contributed by atoms with E-state index in [1.807, 2.05) is 0 Å². The Labute approximate surface area is 142 Å². The number of nitrogens with zero attached hydrogens (tertiary/aromatic N) is 1. The third-order valence-corrected chi connectivity index (χ3v) is 6.73. The van der Waals surface area contributed by atoms with Crippen molar-refractivity contribution in [2.45, 2.75) is 12.8 Å². The van der Waals surface area contributed by atoms with Gasteiger partial charge in [-0.1, -0.05) is 0 Å². The normalized spacial score (nSPS) is 17.5. The Morgan fingerprint density at radius 2 is 2.00 bits per heavy atom. The molecule has 0 bridgehead atoms. The first-order valence-corrected chi connectivity index (χ1v) is 10.7. The van der Waals surface area contributed by atoms with Crippen molar-refractivity contribution in [1.29, 1.82) is 0 Å². The largest absolute Gasteiger partial charge is 0.495 e. The number of nitrogens with one attached hydrogen (secondary N) is 1. The first-order valence-electron chi connectivity index (χ1n) is 7.47. The molecule has 0 radical (unpaired) electrons. The Bertz CT molecular complexity index is 776. The van der Waals surface area contributed by atoms with E-state index in [1.54, 1.807) is 6.07 Å². The highest BCUT2D eigenvalue weighted by atomic mass is 32.2. The van der Waals surface area contributed by atoms with E-state index in [-0.39, 0.29) is 23.8 Å². The molecule has 0 unspecified atom stereocenters. The molecule has 1 saturated heterocycles. The second kappa shape index (κ2) is 7.58. The predicted molar refractivity (Wildman–Crippen MR) is 92.6 cm³/mol. The van der Waals surface area contributed by atoms with E-state index < -0.39 is 20.0 Å². The van der Waals surface area contributed by atoms with Gasteiger partial charge in [0.2, 0.25) is 20.0 Å². The first kappa shape index (κ1) is 18.8. The summed E-state index contributed by atoms with van der Waals surface area (Å²) in [6.45, 7) is 0.414. The van der Waals surface area contributed by atoms with E-state index in [9.17, 15) is 16.8 Å². The van der Waals surface area contributed by atoms with Crippen molar-refractivity contribution in [3.8, 4) is 5.75 Å². The summed E-state index contributed by atoms with van der Waals surface area (Å²) in [6, 6.07) is 4.56. The Morgan fingerprint density at radius 3 is 2.62 bits per heavy atom. The standard InChI is InChI=1S/C14H22N2O6S2/c1-21-8-10-23(17,18)15-12-5-6-14(22-2)13(11-12)16-7-3-4-9-24(16,19)20/h5-6,11,15H,3-4,7-10H2,1-2H3. The summed E-state index contributed by atoms with van der Waals surface area (Å²) >= 11 is 0. The van der Waals surface area contributed by atoms with Gasteiger partial charge in [0.05, 0.1) is 36.6 Å².